The summed E-state index contributed by atoms with van der Waals surface area (Å²) in [6.45, 7) is 10.9. The van der Waals surface area contributed by atoms with Crippen molar-refractivity contribution in [2.24, 2.45) is 16.7 Å². The predicted octanol–water partition coefficient (Wildman–Crippen LogP) is 5.05. The highest BCUT2D eigenvalue weighted by atomic mass is 32.1. The van der Waals surface area contributed by atoms with Crippen molar-refractivity contribution in [3.05, 3.63) is 57.8 Å². The zero-order chi connectivity index (χ0) is 26.4. The fraction of sp³-hybridized carbons (Fsp3) is 0.586. The minimum Gasteiger partial charge on any atom is -0.460 e. The van der Waals surface area contributed by atoms with E-state index >= 15 is 0 Å². The lowest BCUT2D eigenvalue weighted by molar-refractivity contribution is -0.173. The van der Waals surface area contributed by atoms with Crippen LogP contribution in [0.25, 0.3) is 0 Å². The standard InChI is InChI=1S/C29H35NO6S/c1-6-34-25(33)30-22(17-11-12-37-15-17)23(31)24(32)35-21-13-20-26(3,4)27(21,5)28-14-16(2)18-9-7-8-10-19(18)29(20,28)36-28/h7-12,15-16,20-23,31H,6,13-14H2,1-5H3,(H,30,33)/t16-,20?,21?,22+,23-,27?,28+,29-/m1/s1. The summed E-state index contributed by atoms with van der Waals surface area (Å²) >= 11 is 1.42. The van der Waals surface area contributed by atoms with E-state index in [2.05, 4.69) is 57.3 Å². The largest absolute Gasteiger partial charge is 0.460 e. The molecular formula is C29H35NO6S. The minimum absolute atomic E-state index is 0.145. The van der Waals surface area contributed by atoms with Gasteiger partial charge in [0.15, 0.2) is 6.10 Å². The number of carbonyl (C=O) groups excluding carboxylic acids is 2. The number of carbonyl (C=O) groups is 2. The Morgan fingerprint density at radius 3 is 2.70 bits per heavy atom. The summed E-state index contributed by atoms with van der Waals surface area (Å²) in [6, 6.07) is 9.43. The Labute approximate surface area is 221 Å². The summed E-state index contributed by atoms with van der Waals surface area (Å²) in [5.41, 5.74) is 1.93. The first-order valence-electron chi connectivity index (χ1n) is 13.2. The molecule has 2 aromatic rings. The van der Waals surface area contributed by atoms with Crippen LogP contribution in [-0.4, -0.2) is 41.6 Å². The molecule has 198 valence electrons. The van der Waals surface area contributed by atoms with Gasteiger partial charge < -0.3 is 24.6 Å². The number of benzene rings is 1. The van der Waals surface area contributed by atoms with Gasteiger partial charge in [0.05, 0.1) is 12.6 Å². The average molecular weight is 526 g/mol. The Balaban J connectivity index is 1.29. The van der Waals surface area contributed by atoms with Crippen LogP contribution in [0.5, 0.6) is 0 Å². The number of nitrogens with one attached hydrogen (secondary N) is 1. The molecule has 37 heavy (non-hydrogen) atoms. The van der Waals surface area contributed by atoms with Crippen molar-refractivity contribution in [1.29, 1.82) is 0 Å². The molecule has 1 saturated heterocycles. The van der Waals surface area contributed by atoms with Crippen molar-refractivity contribution in [3.8, 4) is 0 Å². The topological polar surface area (TPSA) is 97.4 Å². The monoisotopic (exact) mass is 525 g/mol. The molecule has 1 aromatic carbocycles. The molecule has 2 bridgehead atoms. The van der Waals surface area contributed by atoms with Gasteiger partial charge in [-0.25, -0.2) is 9.59 Å². The van der Waals surface area contributed by atoms with Crippen LogP contribution in [0.4, 0.5) is 4.79 Å². The molecule has 0 spiro atoms. The highest BCUT2D eigenvalue weighted by molar-refractivity contribution is 7.08. The van der Waals surface area contributed by atoms with Crippen LogP contribution in [0.15, 0.2) is 41.1 Å². The van der Waals surface area contributed by atoms with Crippen LogP contribution in [-0.2, 0) is 24.6 Å². The molecule has 1 amide bonds. The van der Waals surface area contributed by atoms with Gasteiger partial charge in [0.2, 0.25) is 0 Å². The SMILES string of the molecule is CCOC(=O)N[C@@H](c1ccsc1)[C@@H](O)C(=O)OC1CC2C(C)(C)C1(C)[C@@]13C[C@@H](C)c4ccccc4[C@@]21O3. The van der Waals surface area contributed by atoms with Gasteiger partial charge in [-0.2, -0.15) is 11.3 Å². The number of aliphatic hydroxyl groups is 1. The maximum atomic E-state index is 13.4. The number of esters is 1. The fourth-order valence-electron chi connectivity index (χ4n) is 8.35. The van der Waals surface area contributed by atoms with Crippen LogP contribution in [0.2, 0.25) is 0 Å². The van der Waals surface area contributed by atoms with Gasteiger partial charge in [-0.15, -0.1) is 0 Å². The molecule has 3 fully saturated rings. The number of hydrogen-bond donors (Lipinski definition) is 2. The molecule has 1 aromatic heterocycles. The number of thiophene rings is 1. The Bertz CT molecular complexity index is 1240. The van der Waals surface area contributed by atoms with Gasteiger partial charge in [-0.3, -0.25) is 0 Å². The second-order valence-corrected chi connectivity index (χ2v) is 12.6. The van der Waals surface area contributed by atoms with Gasteiger partial charge >= 0.3 is 12.1 Å². The van der Waals surface area contributed by atoms with E-state index in [4.69, 9.17) is 14.2 Å². The number of aliphatic hydroxyl groups excluding tert-OH is 1. The van der Waals surface area contributed by atoms with E-state index in [-0.39, 0.29) is 23.5 Å². The molecular weight excluding hydrogens is 490 g/mol. The zero-order valence-corrected chi connectivity index (χ0v) is 22.8. The first-order chi connectivity index (χ1) is 17.5. The molecule has 3 aliphatic carbocycles. The van der Waals surface area contributed by atoms with E-state index in [1.54, 1.807) is 18.4 Å². The zero-order valence-electron chi connectivity index (χ0n) is 21.9. The molecule has 1 aliphatic heterocycles. The van der Waals surface area contributed by atoms with E-state index in [9.17, 15) is 14.7 Å². The Morgan fingerprint density at radius 1 is 1.24 bits per heavy atom. The summed E-state index contributed by atoms with van der Waals surface area (Å²) in [7, 11) is 0. The number of hydrogen-bond acceptors (Lipinski definition) is 7. The molecule has 8 heteroatoms. The summed E-state index contributed by atoms with van der Waals surface area (Å²) in [4.78, 5) is 25.6. The van der Waals surface area contributed by atoms with Crippen LogP contribution in [0, 0.1) is 16.7 Å². The third kappa shape index (κ3) is 2.95. The molecule has 0 radical (unpaired) electrons. The van der Waals surface area contributed by atoms with Crippen molar-refractivity contribution < 1.29 is 28.9 Å². The molecule has 4 aliphatic rings. The van der Waals surface area contributed by atoms with Crippen molar-refractivity contribution in [1.82, 2.24) is 5.32 Å². The Morgan fingerprint density at radius 2 is 2.00 bits per heavy atom. The number of alkyl carbamates (subject to hydrolysis) is 1. The third-order valence-corrected chi connectivity index (χ3v) is 11.0. The molecule has 2 N–H and O–H groups in total. The van der Waals surface area contributed by atoms with Crippen LogP contribution in [0.3, 0.4) is 0 Å². The number of amides is 1. The highest BCUT2D eigenvalue weighted by Gasteiger charge is 2.95. The van der Waals surface area contributed by atoms with Crippen molar-refractivity contribution >= 4 is 23.4 Å². The van der Waals surface area contributed by atoms with Gasteiger partial charge in [0.1, 0.15) is 17.3 Å². The summed E-state index contributed by atoms with van der Waals surface area (Å²) < 4.78 is 18.0. The molecule has 3 unspecified atom stereocenters. The lowest BCUT2D eigenvalue weighted by Gasteiger charge is -2.46. The quantitative estimate of drug-likeness (QED) is 0.405. The molecule has 6 rings (SSSR count). The number of ether oxygens (including phenoxy) is 3. The summed E-state index contributed by atoms with van der Waals surface area (Å²) in [6.07, 6.45) is -1.13. The van der Waals surface area contributed by atoms with Crippen LogP contribution >= 0.6 is 11.3 Å². The maximum Gasteiger partial charge on any atom is 0.407 e. The maximum absolute atomic E-state index is 13.4. The van der Waals surface area contributed by atoms with Crippen molar-refractivity contribution in [2.45, 2.75) is 82.8 Å². The summed E-state index contributed by atoms with van der Waals surface area (Å²) in [5.74, 6) is -0.231. The van der Waals surface area contributed by atoms with Crippen LogP contribution < -0.4 is 5.32 Å². The normalized spacial score (nSPS) is 37.5. The number of rotatable bonds is 6. The lowest BCUT2D eigenvalue weighted by atomic mass is 9.58. The Hall–Kier alpha value is -2.42. The lowest BCUT2D eigenvalue weighted by Crippen LogP contribution is -2.53. The second kappa shape index (κ2) is 8.04. The van der Waals surface area contributed by atoms with Crippen LogP contribution in [0.1, 0.15) is 76.1 Å². The van der Waals surface area contributed by atoms with E-state index in [1.807, 2.05) is 5.38 Å². The summed E-state index contributed by atoms with van der Waals surface area (Å²) in [5, 5.41) is 17.4. The third-order valence-electron chi connectivity index (χ3n) is 10.3. The predicted molar refractivity (Wildman–Crippen MR) is 138 cm³/mol. The van der Waals surface area contributed by atoms with Gasteiger partial charge in [0.25, 0.3) is 0 Å². The second-order valence-electron chi connectivity index (χ2n) is 11.8. The number of epoxide rings is 1. The average Bonchev–Trinajstić information content (AvgIpc) is 3.13. The van der Waals surface area contributed by atoms with Gasteiger partial charge in [-0.05, 0) is 64.6 Å². The van der Waals surface area contributed by atoms with E-state index < -0.39 is 41.3 Å². The minimum atomic E-state index is -1.57. The molecule has 2 saturated carbocycles. The van der Waals surface area contributed by atoms with Gasteiger partial charge in [-0.1, -0.05) is 52.0 Å². The van der Waals surface area contributed by atoms with E-state index in [0.29, 0.717) is 17.9 Å². The highest BCUT2D eigenvalue weighted by Crippen LogP contribution is 2.89. The molecule has 8 atom stereocenters. The van der Waals surface area contributed by atoms with Crippen molar-refractivity contribution in [3.63, 3.8) is 0 Å². The first kappa shape index (κ1) is 24.9. The molecule has 2 heterocycles. The number of fused-ring (bicyclic) bond motifs is 3. The smallest absolute Gasteiger partial charge is 0.407 e. The van der Waals surface area contributed by atoms with E-state index in [1.165, 1.54) is 22.5 Å². The van der Waals surface area contributed by atoms with E-state index in [0.717, 1.165) is 6.42 Å². The van der Waals surface area contributed by atoms with Crippen molar-refractivity contribution in [2.75, 3.05) is 6.61 Å². The molecule has 7 nitrogen and oxygen atoms in total. The van der Waals surface area contributed by atoms with Gasteiger partial charge in [0, 0.05) is 11.3 Å². The fourth-order valence-corrected chi connectivity index (χ4v) is 9.05. The first-order valence-corrected chi connectivity index (χ1v) is 14.1. The Kier molecular flexibility index (Phi) is 5.41.